The lowest BCUT2D eigenvalue weighted by atomic mass is 9.74. The number of hydrogen-bond acceptors (Lipinski definition) is 2. The average molecular weight is 419 g/mol. The van der Waals surface area contributed by atoms with Crippen LogP contribution in [0.4, 0.5) is 8.78 Å². The fourth-order valence-electron chi connectivity index (χ4n) is 5.61. The molecule has 2 heterocycles. The third-order valence-corrected chi connectivity index (χ3v) is 7.37. The van der Waals surface area contributed by atoms with Gasteiger partial charge in [-0.2, -0.15) is 4.39 Å². The van der Waals surface area contributed by atoms with E-state index in [1.165, 1.54) is 5.57 Å². The number of halogens is 2. The highest BCUT2D eigenvalue weighted by Crippen LogP contribution is 2.44. The van der Waals surface area contributed by atoms with Gasteiger partial charge in [-0.1, -0.05) is 26.7 Å². The molecule has 1 saturated carbocycles. The molecule has 2 aliphatic heterocycles. The molecule has 1 aliphatic carbocycles. The minimum atomic E-state index is -0.768. The largest absolute Gasteiger partial charge is 0.498 e. The third kappa shape index (κ3) is 4.53. The monoisotopic (exact) mass is 418 g/mol. The van der Waals surface area contributed by atoms with Crippen LogP contribution in [0.5, 0.6) is 5.75 Å². The second-order valence-corrected chi connectivity index (χ2v) is 9.48. The molecule has 0 bridgehead atoms. The van der Waals surface area contributed by atoms with Crippen LogP contribution in [-0.2, 0) is 11.2 Å². The highest BCUT2D eigenvalue weighted by molar-refractivity contribution is 5.43. The number of rotatable bonds is 6. The summed E-state index contributed by atoms with van der Waals surface area (Å²) < 4.78 is 41.6. The fraction of sp³-hybridized carbons (Fsp3) is 0.692. The van der Waals surface area contributed by atoms with Gasteiger partial charge in [-0.25, -0.2) is 4.39 Å². The van der Waals surface area contributed by atoms with E-state index >= 15 is 0 Å². The first-order valence-corrected chi connectivity index (χ1v) is 12.1. The summed E-state index contributed by atoms with van der Waals surface area (Å²) in [6.45, 7) is 4.29. The minimum absolute atomic E-state index is 0.0144. The van der Waals surface area contributed by atoms with Crippen molar-refractivity contribution in [2.24, 2.45) is 5.92 Å². The topological polar surface area (TPSA) is 18.5 Å². The van der Waals surface area contributed by atoms with Crippen LogP contribution in [0.25, 0.3) is 0 Å². The Labute approximate surface area is 180 Å². The lowest BCUT2D eigenvalue weighted by molar-refractivity contribution is 0.104. The van der Waals surface area contributed by atoms with Gasteiger partial charge in [0.15, 0.2) is 11.6 Å². The Balaban J connectivity index is 1.41. The zero-order chi connectivity index (χ0) is 21.1. The molecule has 0 N–H and O–H groups in total. The molecule has 1 aromatic carbocycles. The second kappa shape index (κ2) is 9.70. The van der Waals surface area contributed by atoms with Crippen LogP contribution in [-0.4, -0.2) is 12.2 Å². The Morgan fingerprint density at radius 2 is 1.50 bits per heavy atom. The molecule has 0 saturated heterocycles. The van der Waals surface area contributed by atoms with Gasteiger partial charge in [0.2, 0.25) is 5.82 Å². The molecule has 0 spiro atoms. The van der Waals surface area contributed by atoms with Crippen LogP contribution < -0.4 is 4.74 Å². The smallest absolute Gasteiger partial charge is 0.201 e. The summed E-state index contributed by atoms with van der Waals surface area (Å²) in [6.07, 6.45) is 14.4. The van der Waals surface area contributed by atoms with E-state index in [0.717, 1.165) is 82.6 Å². The van der Waals surface area contributed by atoms with E-state index in [4.69, 9.17) is 9.47 Å². The SMILES string of the molecule is CCCC1CCC(C2CCC(c3cc4c(c(F)c3F)OC(CCC)CC4)CC2)=CO1. The fourth-order valence-corrected chi connectivity index (χ4v) is 5.61. The number of fused-ring (bicyclic) bond motifs is 1. The summed E-state index contributed by atoms with van der Waals surface area (Å²) in [5.74, 6) is -0.645. The Kier molecular flexibility index (Phi) is 7.00. The maximum atomic E-state index is 15.0. The van der Waals surface area contributed by atoms with Gasteiger partial charge in [0, 0.05) is 0 Å². The van der Waals surface area contributed by atoms with Crippen molar-refractivity contribution in [2.75, 3.05) is 0 Å². The van der Waals surface area contributed by atoms with Crippen molar-refractivity contribution in [3.63, 3.8) is 0 Å². The number of aryl methyl sites for hydroxylation is 1. The maximum Gasteiger partial charge on any atom is 0.201 e. The van der Waals surface area contributed by atoms with Gasteiger partial charge in [0.05, 0.1) is 18.5 Å². The van der Waals surface area contributed by atoms with E-state index in [2.05, 4.69) is 13.8 Å². The van der Waals surface area contributed by atoms with Gasteiger partial charge in [-0.05, 0) is 98.8 Å². The lowest BCUT2D eigenvalue weighted by Crippen LogP contribution is -2.25. The number of benzene rings is 1. The molecule has 4 heteroatoms. The van der Waals surface area contributed by atoms with E-state index in [9.17, 15) is 8.78 Å². The van der Waals surface area contributed by atoms with E-state index in [-0.39, 0.29) is 17.8 Å². The molecular weight excluding hydrogens is 382 g/mol. The van der Waals surface area contributed by atoms with Gasteiger partial charge in [-0.15, -0.1) is 0 Å². The lowest BCUT2D eigenvalue weighted by Gasteiger charge is -2.34. The average Bonchev–Trinajstić information content (AvgIpc) is 2.78. The minimum Gasteiger partial charge on any atom is -0.498 e. The molecule has 2 unspecified atom stereocenters. The van der Waals surface area contributed by atoms with Gasteiger partial charge in [0.1, 0.15) is 0 Å². The Bertz CT molecular complexity index is 765. The molecule has 2 nitrogen and oxygen atoms in total. The van der Waals surface area contributed by atoms with Gasteiger partial charge in [0.25, 0.3) is 0 Å². The van der Waals surface area contributed by atoms with Crippen molar-refractivity contribution in [2.45, 2.75) is 109 Å². The Morgan fingerprint density at radius 1 is 0.833 bits per heavy atom. The first-order valence-electron chi connectivity index (χ1n) is 12.1. The van der Waals surface area contributed by atoms with E-state index in [1.54, 1.807) is 0 Å². The summed E-state index contributed by atoms with van der Waals surface area (Å²) in [5, 5.41) is 0. The normalized spacial score (nSPS) is 28.9. The highest BCUT2D eigenvalue weighted by Gasteiger charge is 2.32. The van der Waals surface area contributed by atoms with Crippen LogP contribution in [0.3, 0.4) is 0 Å². The molecule has 0 radical (unpaired) electrons. The zero-order valence-corrected chi connectivity index (χ0v) is 18.5. The Morgan fingerprint density at radius 3 is 2.17 bits per heavy atom. The van der Waals surface area contributed by atoms with Crippen molar-refractivity contribution in [3.8, 4) is 5.75 Å². The molecule has 30 heavy (non-hydrogen) atoms. The van der Waals surface area contributed by atoms with Gasteiger partial charge in [-0.3, -0.25) is 0 Å². The van der Waals surface area contributed by atoms with Crippen molar-refractivity contribution >= 4 is 0 Å². The third-order valence-electron chi connectivity index (χ3n) is 7.37. The predicted octanol–water partition coefficient (Wildman–Crippen LogP) is 7.60. The summed E-state index contributed by atoms with van der Waals surface area (Å²) in [7, 11) is 0. The van der Waals surface area contributed by atoms with Crippen LogP contribution in [0.2, 0.25) is 0 Å². The molecule has 0 aromatic heterocycles. The molecule has 4 rings (SSSR count). The molecular formula is C26H36F2O2. The number of hydrogen-bond donors (Lipinski definition) is 0. The molecule has 1 fully saturated rings. The molecule has 3 aliphatic rings. The van der Waals surface area contributed by atoms with Crippen molar-refractivity contribution in [1.29, 1.82) is 0 Å². The molecule has 2 atom stereocenters. The van der Waals surface area contributed by atoms with Crippen molar-refractivity contribution in [1.82, 2.24) is 0 Å². The molecule has 166 valence electrons. The summed E-state index contributed by atoms with van der Waals surface area (Å²) >= 11 is 0. The standard InChI is InChI=1S/C26H36F2O2/c1-3-5-21-13-12-20(16-29-21)17-7-9-18(10-8-17)23-15-19-11-14-22(6-4-2)30-26(19)25(28)24(23)27/h15-18,21-22H,3-14H2,1-2H3. The Hall–Kier alpha value is -1.58. The summed E-state index contributed by atoms with van der Waals surface area (Å²) in [4.78, 5) is 0. The quantitative estimate of drug-likeness (QED) is 0.474. The maximum absolute atomic E-state index is 15.0. The van der Waals surface area contributed by atoms with E-state index in [1.807, 2.05) is 12.3 Å². The van der Waals surface area contributed by atoms with E-state index in [0.29, 0.717) is 17.6 Å². The van der Waals surface area contributed by atoms with Crippen molar-refractivity contribution in [3.05, 3.63) is 40.7 Å². The van der Waals surface area contributed by atoms with Crippen LogP contribution >= 0.6 is 0 Å². The highest BCUT2D eigenvalue weighted by atomic mass is 19.2. The first kappa shape index (κ1) is 21.6. The molecule has 1 aromatic rings. The number of ether oxygens (including phenoxy) is 2. The first-order chi connectivity index (χ1) is 14.6. The van der Waals surface area contributed by atoms with Crippen LogP contribution in [0.1, 0.15) is 102 Å². The van der Waals surface area contributed by atoms with Crippen molar-refractivity contribution < 1.29 is 18.3 Å². The van der Waals surface area contributed by atoms with E-state index < -0.39 is 11.6 Å². The zero-order valence-electron chi connectivity index (χ0n) is 18.5. The van der Waals surface area contributed by atoms with Gasteiger partial charge < -0.3 is 9.47 Å². The van der Waals surface area contributed by atoms with Gasteiger partial charge >= 0.3 is 0 Å². The van der Waals surface area contributed by atoms with Crippen LogP contribution in [0.15, 0.2) is 17.9 Å². The number of allylic oxidation sites excluding steroid dienone is 1. The molecule has 0 amide bonds. The summed E-state index contributed by atoms with van der Waals surface area (Å²) in [5.41, 5.74) is 2.84. The summed E-state index contributed by atoms with van der Waals surface area (Å²) in [6, 6.07) is 1.90. The predicted molar refractivity (Wildman–Crippen MR) is 116 cm³/mol. The van der Waals surface area contributed by atoms with Crippen LogP contribution in [0, 0.1) is 17.6 Å². The second-order valence-electron chi connectivity index (χ2n) is 9.48.